The Morgan fingerprint density at radius 1 is 1.56 bits per heavy atom. The van der Waals surface area contributed by atoms with Gasteiger partial charge in [-0.15, -0.1) is 0 Å². The van der Waals surface area contributed by atoms with Gasteiger partial charge in [-0.2, -0.15) is 0 Å². The molecule has 2 rings (SSSR count). The molecule has 1 atom stereocenters. The molecule has 1 saturated heterocycles. The molecule has 0 aliphatic carbocycles. The summed E-state index contributed by atoms with van der Waals surface area (Å²) in [6.45, 7) is 5.62. The highest BCUT2D eigenvalue weighted by atomic mass is 15.3. The number of nitrogens with zero attached hydrogens (tertiary/aromatic N) is 2. The molecule has 1 fully saturated rings. The van der Waals surface area contributed by atoms with Crippen LogP contribution in [0.1, 0.15) is 25.5 Å². The van der Waals surface area contributed by atoms with Gasteiger partial charge in [0.05, 0.1) is 5.69 Å². The molecule has 4 heteroatoms. The molecule has 1 aromatic heterocycles. The number of hydrazine groups is 1. The Hall–Kier alpha value is -1.13. The monoisotopic (exact) mass is 220 g/mol. The van der Waals surface area contributed by atoms with E-state index in [9.17, 15) is 0 Å². The second-order valence-corrected chi connectivity index (χ2v) is 4.64. The molecule has 1 aliphatic heterocycles. The zero-order valence-corrected chi connectivity index (χ0v) is 9.82. The van der Waals surface area contributed by atoms with Crippen molar-refractivity contribution in [2.45, 2.75) is 26.3 Å². The van der Waals surface area contributed by atoms with Crippen LogP contribution in [0.5, 0.6) is 0 Å². The van der Waals surface area contributed by atoms with E-state index in [1.807, 2.05) is 12.1 Å². The molecule has 1 aromatic rings. The van der Waals surface area contributed by atoms with E-state index < -0.39 is 0 Å². The first-order valence-electron chi connectivity index (χ1n) is 5.93. The fourth-order valence-corrected chi connectivity index (χ4v) is 2.31. The van der Waals surface area contributed by atoms with Gasteiger partial charge < -0.3 is 5.43 Å². The van der Waals surface area contributed by atoms with E-state index in [-0.39, 0.29) is 0 Å². The van der Waals surface area contributed by atoms with Crippen molar-refractivity contribution in [2.24, 2.45) is 11.8 Å². The minimum Gasteiger partial charge on any atom is -0.308 e. The van der Waals surface area contributed by atoms with E-state index in [4.69, 9.17) is 5.84 Å². The van der Waals surface area contributed by atoms with Crippen molar-refractivity contribution in [2.75, 3.05) is 18.5 Å². The van der Waals surface area contributed by atoms with Crippen molar-refractivity contribution in [1.29, 1.82) is 0 Å². The van der Waals surface area contributed by atoms with Crippen LogP contribution in [0.15, 0.2) is 18.2 Å². The summed E-state index contributed by atoms with van der Waals surface area (Å²) in [6.07, 6.45) is 2.66. The summed E-state index contributed by atoms with van der Waals surface area (Å²) in [7, 11) is 0. The predicted molar refractivity (Wildman–Crippen MR) is 65.7 cm³/mol. The van der Waals surface area contributed by atoms with E-state index >= 15 is 0 Å². The number of hydrogen-bond donors (Lipinski definition) is 2. The first-order valence-corrected chi connectivity index (χ1v) is 5.93. The smallest absolute Gasteiger partial charge is 0.140 e. The lowest BCUT2D eigenvalue weighted by molar-refractivity contribution is 0.175. The van der Waals surface area contributed by atoms with E-state index in [1.54, 1.807) is 0 Å². The Morgan fingerprint density at radius 2 is 2.44 bits per heavy atom. The molecule has 1 unspecified atom stereocenters. The zero-order chi connectivity index (χ0) is 11.4. The summed E-state index contributed by atoms with van der Waals surface area (Å²) < 4.78 is 0. The van der Waals surface area contributed by atoms with Crippen LogP contribution >= 0.6 is 0 Å². The fourth-order valence-electron chi connectivity index (χ4n) is 2.31. The SMILES string of the molecule is CC1CCCN(Cc2cccc(NN)n2)C1. The lowest BCUT2D eigenvalue weighted by Crippen LogP contribution is -2.34. The molecule has 88 valence electrons. The number of nitrogen functional groups attached to an aromatic ring is 1. The standard InChI is InChI=1S/C12H20N4/c1-10-4-3-7-16(8-10)9-11-5-2-6-12(14-11)15-13/h2,5-6,10H,3-4,7-9,13H2,1H3,(H,14,15). The van der Waals surface area contributed by atoms with Crippen LogP contribution in [0, 0.1) is 5.92 Å². The Morgan fingerprint density at radius 3 is 3.19 bits per heavy atom. The second kappa shape index (κ2) is 5.27. The van der Waals surface area contributed by atoms with Crippen LogP contribution in [0.25, 0.3) is 0 Å². The summed E-state index contributed by atoms with van der Waals surface area (Å²) in [5.41, 5.74) is 3.67. The van der Waals surface area contributed by atoms with Crippen LogP contribution in [0.3, 0.4) is 0 Å². The number of nitrogens with one attached hydrogen (secondary N) is 1. The molecule has 0 saturated carbocycles. The maximum absolute atomic E-state index is 5.35. The topological polar surface area (TPSA) is 54.2 Å². The Bertz CT molecular complexity index is 340. The predicted octanol–water partition coefficient (Wildman–Crippen LogP) is 1.60. The van der Waals surface area contributed by atoms with Crippen molar-refractivity contribution >= 4 is 5.82 Å². The molecule has 4 nitrogen and oxygen atoms in total. The summed E-state index contributed by atoms with van der Waals surface area (Å²) in [5, 5.41) is 0. The minimum atomic E-state index is 0.738. The number of piperidine rings is 1. The number of likely N-dealkylation sites (tertiary alicyclic amines) is 1. The largest absolute Gasteiger partial charge is 0.308 e. The van der Waals surface area contributed by atoms with Gasteiger partial charge in [-0.3, -0.25) is 4.90 Å². The van der Waals surface area contributed by atoms with Crippen LogP contribution in [-0.2, 0) is 6.54 Å². The third-order valence-corrected chi connectivity index (χ3v) is 3.08. The number of anilines is 1. The zero-order valence-electron chi connectivity index (χ0n) is 9.82. The average Bonchev–Trinajstić information content (AvgIpc) is 2.29. The fraction of sp³-hybridized carbons (Fsp3) is 0.583. The minimum absolute atomic E-state index is 0.738. The second-order valence-electron chi connectivity index (χ2n) is 4.64. The summed E-state index contributed by atoms with van der Waals surface area (Å²) in [5.74, 6) is 6.90. The highest BCUT2D eigenvalue weighted by Crippen LogP contribution is 2.17. The van der Waals surface area contributed by atoms with Crippen LogP contribution in [0.2, 0.25) is 0 Å². The number of hydrogen-bond acceptors (Lipinski definition) is 4. The molecule has 0 radical (unpaired) electrons. The first-order chi connectivity index (χ1) is 7.78. The van der Waals surface area contributed by atoms with Crippen molar-refractivity contribution < 1.29 is 0 Å². The van der Waals surface area contributed by atoms with Crippen LogP contribution < -0.4 is 11.3 Å². The Balaban J connectivity index is 1.97. The summed E-state index contributed by atoms with van der Waals surface area (Å²) in [4.78, 5) is 6.90. The lowest BCUT2D eigenvalue weighted by Gasteiger charge is -2.30. The van der Waals surface area contributed by atoms with E-state index in [1.165, 1.54) is 25.9 Å². The molecular weight excluding hydrogens is 200 g/mol. The van der Waals surface area contributed by atoms with Gasteiger partial charge in [0.25, 0.3) is 0 Å². The normalized spacial score (nSPS) is 22.0. The number of nitrogens with two attached hydrogens (primary N) is 1. The molecule has 2 heterocycles. The molecular formula is C12H20N4. The van der Waals surface area contributed by atoms with Crippen molar-refractivity contribution in [3.8, 4) is 0 Å². The van der Waals surface area contributed by atoms with Gasteiger partial charge in [-0.05, 0) is 37.4 Å². The van der Waals surface area contributed by atoms with Gasteiger partial charge in [0.1, 0.15) is 5.82 Å². The van der Waals surface area contributed by atoms with Crippen molar-refractivity contribution in [3.05, 3.63) is 23.9 Å². The van der Waals surface area contributed by atoms with Gasteiger partial charge in [0.2, 0.25) is 0 Å². The van der Waals surface area contributed by atoms with Crippen LogP contribution in [0.4, 0.5) is 5.82 Å². The van der Waals surface area contributed by atoms with Gasteiger partial charge >= 0.3 is 0 Å². The van der Waals surface area contributed by atoms with Crippen molar-refractivity contribution in [1.82, 2.24) is 9.88 Å². The Labute approximate surface area is 96.8 Å². The molecule has 1 aliphatic rings. The number of pyridine rings is 1. The number of rotatable bonds is 3. The van der Waals surface area contributed by atoms with E-state index in [0.29, 0.717) is 0 Å². The maximum Gasteiger partial charge on any atom is 0.140 e. The van der Waals surface area contributed by atoms with Crippen LogP contribution in [-0.4, -0.2) is 23.0 Å². The highest BCUT2D eigenvalue weighted by molar-refractivity contribution is 5.33. The third-order valence-electron chi connectivity index (χ3n) is 3.08. The summed E-state index contributed by atoms with van der Waals surface area (Å²) in [6, 6.07) is 5.92. The maximum atomic E-state index is 5.35. The molecule has 0 amide bonds. The molecule has 0 spiro atoms. The molecule has 3 N–H and O–H groups in total. The van der Waals surface area contributed by atoms with Crippen molar-refractivity contribution in [3.63, 3.8) is 0 Å². The highest BCUT2D eigenvalue weighted by Gasteiger charge is 2.16. The molecule has 0 bridgehead atoms. The Kier molecular flexibility index (Phi) is 3.74. The quantitative estimate of drug-likeness (QED) is 0.600. The third kappa shape index (κ3) is 2.93. The molecule has 16 heavy (non-hydrogen) atoms. The van der Waals surface area contributed by atoms with E-state index in [2.05, 4.69) is 28.3 Å². The van der Waals surface area contributed by atoms with Gasteiger partial charge in [-0.25, -0.2) is 10.8 Å². The average molecular weight is 220 g/mol. The lowest BCUT2D eigenvalue weighted by atomic mass is 10.0. The van der Waals surface area contributed by atoms with Gasteiger partial charge in [-0.1, -0.05) is 13.0 Å². The first kappa shape index (κ1) is 11.4. The van der Waals surface area contributed by atoms with Gasteiger partial charge in [0.15, 0.2) is 0 Å². The van der Waals surface area contributed by atoms with E-state index in [0.717, 1.165) is 24.0 Å². The number of aromatic nitrogens is 1. The van der Waals surface area contributed by atoms with Gasteiger partial charge in [0, 0.05) is 13.1 Å². The molecule has 0 aromatic carbocycles. The summed E-state index contributed by atoms with van der Waals surface area (Å²) >= 11 is 0.